The van der Waals surface area contributed by atoms with Crippen LogP contribution in [0, 0.1) is 11.3 Å². The molecule has 0 aliphatic heterocycles. The van der Waals surface area contributed by atoms with Gasteiger partial charge in [-0.05, 0) is 52.2 Å². The third-order valence-electron chi connectivity index (χ3n) is 3.55. The Morgan fingerprint density at radius 1 is 1.36 bits per heavy atom. The Balaban J connectivity index is 2.23. The van der Waals surface area contributed by atoms with E-state index in [0.717, 1.165) is 5.56 Å². The van der Waals surface area contributed by atoms with Crippen molar-refractivity contribution in [2.45, 2.75) is 13.0 Å². The molecule has 0 unspecified atom stereocenters. The Morgan fingerprint density at radius 3 is 2.60 bits per heavy atom. The monoisotopic (exact) mass is 418 g/mol. The quantitative estimate of drug-likeness (QED) is 0.554. The third kappa shape index (κ3) is 4.85. The van der Waals surface area contributed by atoms with Crippen LogP contribution in [-0.2, 0) is 4.79 Å². The first-order chi connectivity index (χ1) is 12.0. The van der Waals surface area contributed by atoms with Gasteiger partial charge >= 0.3 is 0 Å². The van der Waals surface area contributed by atoms with Crippen LogP contribution in [0.15, 0.2) is 52.5 Å². The van der Waals surface area contributed by atoms with Gasteiger partial charge < -0.3 is 10.1 Å². The van der Waals surface area contributed by atoms with Gasteiger partial charge in [-0.25, -0.2) is 0 Å². The summed E-state index contributed by atoms with van der Waals surface area (Å²) >= 11 is 9.49. The molecule has 25 heavy (non-hydrogen) atoms. The zero-order chi connectivity index (χ0) is 18.4. The second-order valence-electron chi connectivity index (χ2n) is 5.29. The van der Waals surface area contributed by atoms with E-state index in [4.69, 9.17) is 16.3 Å². The Bertz CT molecular complexity index is 821. The Morgan fingerprint density at radius 2 is 2.04 bits per heavy atom. The number of ether oxygens (including phenoxy) is 1. The second kappa shape index (κ2) is 8.70. The summed E-state index contributed by atoms with van der Waals surface area (Å²) in [6, 6.07) is 14.6. The summed E-state index contributed by atoms with van der Waals surface area (Å²) in [6.07, 6.45) is 1.49. The predicted octanol–water partition coefficient (Wildman–Crippen LogP) is 4.90. The van der Waals surface area contributed by atoms with E-state index in [2.05, 4.69) is 21.2 Å². The minimum absolute atomic E-state index is 0.00378. The molecule has 0 saturated carbocycles. The first-order valence-electron chi connectivity index (χ1n) is 7.47. The van der Waals surface area contributed by atoms with Crippen LogP contribution in [0.5, 0.6) is 5.75 Å². The maximum absolute atomic E-state index is 12.4. The van der Waals surface area contributed by atoms with Crippen LogP contribution in [-0.4, -0.2) is 13.0 Å². The summed E-state index contributed by atoms with van der Waals surface area (Å²) in [7, 11) is 1.51. The van der Waals surface area contributed by atoms with Crippen LogP contribution in [0.4, 0.5) is 0 Å². The summed E-state index contributed by atoms with van der Waals surface area (Å²) in [5, 5.41) is 12.5. The third-order valence-corrected chi connectivity index (χ3v) is 4.42. The highest BCUT2D eigenvalue weighted by Gasteiger charge is 2.14. The van der Waals surface area contributed by atoms with E-state index in [1.54, 1.807) is 12.1 Å². The molecule has 2 aromatic rings. The number of carbonyl (C=O) groups excluding carboxylic acids is 1. The highest BCUT2D eigenvalue weighted by molar-refractivity contribution is 9.10. The predicted molar refractivity (Wildman–Crippen MR) is 102 cm³/mol. The molecule has 2 rings (SSSR count). The number of nitrogens with zero attached hydrogens (tertiary/aromatic N) is 1. The van der Waals surface area contributed by atoms with Crippen molar-refractivity contribution in [2.75, 3.05) is 7.11 Å². The maximum Gasteiger partial charge on any atom is 0.262 e. The van der Waals surface area contributed by atoms with Crippen molar-refractivity contribution >= 4 is 39.5 Å². The first kappa shape index (κ1) is 19.0. The van der Waals surface area contributed by atoms with Gasteiger partial charge in [0.15, 0.2) is 5.75 Å². The van der Waals surface area contributed by atoms with Crippen LogP contribution in [0.25, 0.3) is 6.08 Å². The summed E-state index contributed by atoms with van der Waals surface area (Å²) in [5.74, 6) is 0.0568. The van der Waals surface area contributed by atoms with Crippen molar-refractivity contribution in [2.24, 2.45) is 0 Å². The molecule has 1 N–H and O–H groups in total. The molecule has 0 spiro atoms. The van der Waals surface area contributed by atoms with E-state index in [9.17, 15) is 10.1 Å². The zero-order valence-electron chi connectivity index (χ0n) is 13.7. The summed E-state index contributed by atoms with van der Waals surface area (Å²) in [4.78, 5) is 12.4. The highest BCUT2D eigenvalue weighted by Crippen LogP contribution is 2.34. The van der Waals surface area contributed by atoms with Gasteiger partial charge in [0.2, 0.25) is 0 Å². The topological polar surface area (TPSA) is 62.1 Å². The lowest BCUT2D eigenvalue weighted by Crippen LogP contribution is -2.27. The van der Waals surface area contributed by atoms with Gasteiger partial charge in [-0.15, -0.1) is 0 Å². The van der Waals surface area contributed by atoms with Crippen molar-refractivity contribution < 1.29 is 9.53 Å². The fourth-order valence-corrected chi connectivity index (χ4v) is 3.33. The Kier molecular flexibility index (Phi) is 6.63. The first-order valence-corrected chi connectivity index (χ1v) is 8.64. The molecule has 1 amide bonds. The van der Waals surface area contributed by atoms with E-state index in [0.29, 0.717) is 20.8 Å². The average Bonchev–Trinajstić information content (AvgIpc) is 2.60. The standard InChI is InChI=1S/C19H16BrClN2O2/c1-12(14-6-4-3-5-7-14)23-19(24)15(11-22)8-13-9-16(20)18(25-2)17(21)10-13/h3-10,12H,1-2H3,(H,23,24)/b15-8-/t12-/m0/s1. The lowest BCUT2D eigenvalue weighted by molar-refractivity contribution is -0.117. The average molecular weight is 420 g/mol. The fourth-order valence-electron chi connectivity index (χ4n) is 2.27. The van der Waals surface area contributed by atoms with Gasteiger partial charge in [-0.1, -0.05) is 41.9 Å². The number of hydrogen-bond donors (Lipinski definition) is 1. The molecule has 0 aromatic heterocycles. The van der Waals surface area contributed by atoms with Gasteiger partial charge in [-0.2, -0.15) is 5.26 Å². The molecule has 6 heteroatoms. The Labute approximate surface area is 160 Å². The van der Waals surface area contributed by atoms with Crippen molar-refractivity contribution in [3.8, 4) is 11.8 Å². The molecular weight excluding hydrogens is 404 g/mol. The van der Waals surface area contributed by atoms with E-state index < -0.39 is 5.91 Å². The minimum atomic E-state index is -0.443. The van der Waals surface area contributed by atoms with E-state index in [1.807, 2.05) is 43.3 Å². The van der Waals surface area contributed by atoms with Crippen LogP contribution < -0.4 is 10.1 Å². The maximum atomic E-state index is 12.4. The second-order valence-corrected chi connectivity index (χ2v) is 6.55. The molecule has 2 aromatic carbocycles. The minimum Gasteiger partial charge on any atom is -0.494 e. The lowest BCUT2D eigenvalue weighted by atomic mass is 10.1. The number of carbonyl (C=O) groups is 1. The molecule has 0 aliphatic carbocycles. The summed E-state index contributed by atoms with van der Waals surface area (Å²) in [6.45, 7) is 1.86. The van der Waals surface area contributed by atoms with E-state index in [1.165, 1.54) is 13.2 Å². The number of rotatable bonds is 5. The van der Waals surface area contributed by atoms with E-state index in [-0.39, 0.29) is 11.6 Å². The van der Waals surface area contributed by atoms with Gasteiger partial charge in [0.05, 0.1) is 22.6 Å². The summed E-state index contributed by atoms with van der Waals surface area (Å²) < 4.78 is 5.81. The van der Waals surface area contributed by atoms with Gasteiger partial charge in [-0.3, -0.25) is 4.79 Å². The molecule has 0 radical (unpaired) electrons. The molecular formula is C19H16BrClN2O2. The number of benzene rings is 2. The molecule has 0 bridgehead atoms. The summed E-state index contributed by atoms with van der Waals surface area (Å²) in [5.41, 5.74) is 1.58. The zero-order valence-corrected chi connectivity index (χ0v) is 16.1. The van der Waals surface area contributed by atoms with Crippen molar-refractivity contribution in [3.63, 3.8) is 0 Å². The molecule has 1 atom stereocenters. The number of nitriles is 1. The molecule has 0 saturated heterocycles. The highest BCUT2D eigenvalue weighted by atomic mass is 79.9. The normalized spacial score (nSPS) is 12.2. The van der Waals surface area contributed by atoms with Crippen LogP contribution in [0.3, 0.4) is 0 Å². The number of nitrogens with one attached hydrogen (secondary N) is 1. The van der Waals surface area contributed by atoms with Crippen LogP contribution >= 0.6 is 27.5 Å². The molecule has 4 nitrogen and oxygen atoms in total. The van der Waals surface area contributed by atoms with Gasteiger partial charge in [0.1, 0.15) is 11.6 Å². The largest absolute Gasteiger partial charge is 0.494 e. The van der Waals surface area contributed by atoms with Crippen molar-refractivity contribution in [1.29, 1.82) is 5.26 Å². The number of amides is 1. The van der Waals surface area contributed by atoms with E-state index >= 15 is 0 Å². The van der Waals surface area contributed by atoms with Crippen molar-refractivity contribution in [1.82, 2.24) is 5.32 Å². The van der Waals surface area contributed by atoms with Crippen LogP contribution in [0.1, 0.15) is 24.1 Å². The molecule has 0 fully saturated rings. The molecule has 0 aliphatic rings. The molecule has 0 heterocycles. The van der Waals surface area contributed by atoms with Gasteiger partial charge in [0, 0.05) is 0 Å². The fraction of sp³-hybridized carbons (Fsp3) is 0.158. The van der Waals surface area contributed by atoms with Crippen LogP contribution in [0.2, 0.25) is 5.02 Å². The number of halogens is 2. The molecule has 128 valence electrons. The van der Waals surface area contributed by atoms with Gasteiger partial charge in [0.25, 0.3) is 5.91 Å². The smallest absolute Gasteiger partial charge is 0.262 e. The van der Waals surface area contributed by atoms with Crippen molar-refractivity contribution in [3.05, 3.63) is 68.7 Å². The lowest BCUT2D eigenvalue weighted by Gasteiger charge is -2.14. The SMILES string of the molecule is COc1c(Cl)cc(/C=C(/C#N)C(=O)N[C@@H](C)c2ccccc2)cc1Br. The Hall–Kier alpha value is -2.29. The number of hydrogen-bond acceptors (Lipinski definition) is 3. The number of methoxy groups -OCH3 is 1.